The van der Waals surface area contributed by atoms with Gasteiger partial charge in [-0.05, 0) is 12.1 Å². The number of nitrogens with two attached hydrogens (primary N) is 2. The Balaban J connectivity index is 2.98. The van der Waals surface area contributed by atoms with Crippen LogP contribution in [-0.2, 0) is 0 Å². The molecule has 0 fully saturated rings. The highest BCUT2D eigenvalue weighted by atomic mass is 16.5. The van der Waals surface area contributed by atoms with Crippen LogP contribution in [0.3, 0.4) is 0 Å². The van der Waals surface area contributed by atoms with Gasteiger partial charge in [-0.15, -0.1) is 0 Å². The number of amides is 1. The Bertz CT molecular complexity index is 397. The average molecular weight is 236 g/mol. The van der Waals surface area contributed by atoms with E-state index in [0.717, 1.165) is 0 Å². The van der Waals surface area contributed by atoms with Gasteiger partial charge in [0, 0.05) is 12.0 Å². The summed E-state index contributed by atoms with van der Waals surface area (Å²) in [5, 5.41) is 0. The molecular formula is C13H20N2O2. The summed E-state index contributed by atoms with van der Waals surface area (Å²) in [6, 6.07) is 6.93. The SMILES string of the molecule is CC(C)(C)C(CN)Oc1ccccc1C(N)=O. The van der Waals surface area contributed by atoms with Gasteiger partial charge in [-0.1, -0.05) is 32.9 Å². The third-order valence-corrected chi connectivity index (χ3v) is 2.60. The van der Waals surface area contributed by atoms with Gasteiger partial charge in [0.2, 0.25) is 0 Å². The standard InChI is InChI=1S/C13H20N2O2/c1-13(2,3)11(8-14)17-10-7-5-4-6-9(10)12(15)16/h4-7,11H,8,14H2,1-3H3,(H2,15,16). The molecule has 17 heavy (non-hydrogen) atoms. The fourth-order valence-electron chi connectivity index (χ4n) is 1.50. The van der Waals surface area contributed by atoms with Crippen LogP contribution < -0.4 is 16.2 Å². The van der Waals surface area contributed by atoms with Crippen molar-refractivity contribution in [3.63, 3.8) is 0 Å². The lowest BCUT2D eigenvalue weighted by Crippen LogP contribution is -2.39. The van der Waals surface area contributed by atoms with E-state index in [1.165, 1.54) is 0 Å². The highest BCUT2D eigenvalue weighted by molar-refractivity contribution is 5.95. The second-order valence-electron chi connectivity index (χ2n) is 5.07. The molecule has 4 nitrogen and oxygen atoms in total. The molecule has 0 bridgehead atoms. The zero-order chi connectivity index (χ0) is 13.1. The molecule has 0 aliphatic heterocycles. The predicted molar refractivity (Wildman–Crippen MR) is 67.9 cm³/mol. The van der Waals surface area contributed by atoms with E-state index in [9.17, 15) is 4.79 Å². The number of primary amides is 1. The van der Waals surface area contributed by atoms with Crippen molar-refractivity contribution in [2.75, 3.05) is 6.54 Å². The van der Waals surface area contributed by atoms with Crippen molar-refractivity contribution < 1.29 is 9.53 Å². The van der Waals surface area contributed by atoms with Crippen molar-refractivity contribution in [1.29, 1.82) is 0 Å². The fraction of sp³-hybridized carbons (Fsp3) is 0.462. The molecule has 0 aliphatic carbocycles. The summed E-state index contributed by atoms with van der Waals surface area (Å²) in [6.45, 7) is 6.50. The number of carbonyl (C=O) groups excluding carboxylic acids is 1. The number of carbonyl (C=O) groups is 1. The summed E-state index contributed by atoms with van der Waals surface area (Å²) in [6.07, 6.45) is -0.164. The van der Waals surface area contributed by atoms with Crippen molar-refractivity contribution in [2.45, 2.75) is 26.9 Å². The van der Waals surface area contributed by atoms with Crippen LogP contribution >= 0.6 is 0 Å². The molecule has 0 heterocycles. The molecule has 0 spiro atoms. The predicted octanol–water partition coefficient (Wildman–Crippen LogP) is 1.54. The summed E-state index contributed by atoms with van der Waals surface area (Å²) in [4.78, 5) is 11.3. The average Bonchev–Trinajstić information content (AvgIpc) is 2.24. The monoisotopic (exact) mass is 236 g/mol. The first-order chi connectivity index (χ1) is 7.86. The number of benzene rings is 1. The second-order valence-corrected chi connectivity index (χ2v) is 5.07. The molecule has 0 radical (unpaired) electrons. The maximum Gasteiger partial charge on any atom is 0.252 e. The molecule has 0 aliphatic rings. The first-order valence-electron chi connectivity index (χ1n) is 5.62. The number of para-hydroxylation sites is 1. The van der Waals surface area contributed by atoms with Gasteiger partial charge >= 0.3 is 0 Å². The van der Waals surface area contributed by atoms with Crippen molar-refractivity contribution in [3.8, 4) is 5.75 Å². The van der Waals surface area contributed by atoms with Gasteiger partial charge in [-0.2, -0.15) is 0 Å². The Morgan fingerprint density at radius 1 is 1.35 bits per heavy atom. The lowest BCUT2D eigenvalue weighted by Gasteiger charge is -2.30. The molecule has 1 amide bonds. The summed E-state index contributed by atoms with van der Waals surface area (Å²) >= 11 is 0. The fourth-order valence-corrected chi connectivity index (χ4v) is 1.50. The van der Waals surface area contributed by atoms with Crippen LogP contribution in [0.15, 0.2) is 24.3 Å². The third kappa shape index (κ3) is 3.46. The lowest BCUT2D eigenvalue weighted by molar-refractivity contribution is 0.0886. The molecule has 0 saturated heterocycles. The summed E-state index contributed by atoms with van der Waals surface area (Å²) in [7, 11) is 0. The minimum absolute atomic E-state index is 0.0977. The molecule has 4 heteroatoms. The van der Waals surface area contributed by atoms with Crippen LogP contribution in [0.5, 0.6) is 5.75 Å². The first kappa shape index (κ1) is 13.5. The van der Waals surface area contributed by atoms with Crippen LogP contribution in [0.1, 0.15) is 31.1 Å². The maximum atomic E-state index is 11.3. The Morgan fingerprint density at radius 2 is 1.94 bits per heavy atom. The van der Waals surface area contributed by atoms with E-state index in [1.807, 2.05) is 20.8 Å². The minimum atomic E-state index is -0.495. The molecule has 94 valence electrons. The zero-order valence-corrected chi connectivity index (χ0v) is 10.6. The van der Waals surface area contributed by atoms with Crippen LogP contribution in [0.2, 0.25) is 0 Å². The molecule has 1 atom stereocenters. The minimum Gasteiger partial charge on any atom is -0.488 e. The number of rotatable bonds is 4. The Hall–Kier alpha value is -1.55. The molecule has 1 aromatic carbocycles. The largest absolute Gasteiger partial charge is 0.488 e. The van der Waals surface area contributed by atoms with E-state index in [0.29, 0.717) is 17.9 Å². The summed E-state index contributed by atoms with van der Waals surface area (Å²) in [5.74, 6) is -0.00402. The molecule has 1 aromatic rings. The van der Waals surface area contributed by atoms with Crippen molar-refractivity contribution in [3.05, 3.63) is 29.8 Å². The first-order valence-corrected chi connectivity index (χ1v) is 5.62. The second kappa shape index (κ2) is 5.19. The number of hydrogen-bond donors (Lipinski definition) is 2. The van der Waals surface area contributed by atoms with E-state index in [4.69, 9.17) is 16.2 Å². The quantitative estimate of drug-likeness (QED) is 0.832. The van der Waals surface area contributed by atoms with Crippen LogP contribution in [-0.4, -0.2) is 18.6 Å². The van der Waals surface area contributed by atoms with Gasteiger partial charge in [0.05, 0.1) is 5.56 Å². The van der Waals surface area contributed by atoms with E-state index in [1.54, 1.807) is 24.3 Å². The van der Waals surface area contributed by atoms with Crippen LogP contribution in [0, 0.1) is 5.41 Å². The highest BCUT2D eigenvalue weighted by Crippen LogP contribution is 2.26. The Labute approximate surface area is 102 Å². The van der Waals surface area contributed by atoms with E-state index in [-0.39, 0.29) is 11.5 Å². The van der Waals surface area contributed by atoms with Crippen molar-refractivity contribution in [1.82, 2.24) is 0 Å². The van der Waals surface area contributed by atoms with Gasteiger partial charge in [0.25, 0.3) is 5.91 Å². The van der Waals surface area contributed by atoms with Gasteiger partial charge in [-0.25, -0.2) is 0 Å². The normalized spacial score (nSPS) is 13.2. The third-order valence-electron chi connectivity index (χ3n) is 2.60. The summed E-state index contributed by atoms with van der Waals surface area (Å²) < 4.78 is 5.79. The Kier molecular flexibility index (Phi) is 4.12. The smallest absolute Gasteiger partial charge is 0.252 e. The van der Waals surface area contributed by atoms with Gasteiger partial charge in [0.1, 0.15) is 11.9 Å². The van der Waals surface area contributed by atoms with Gasteiger partial charge in [-0.3, -0.25) is 4.79 Å². The van der Waals surface area contributed by atoms with E-state index >= 15 is 0 Å². The maximum absolute atomic E-state index is 11.3. The summed E-state index contributed by atoms with van der Waals surface area (Å²) in [5.41, 5.74) is 11.3. The topological polar surface area (TPSA) is 78.3 Å². The van der Waals surface area contributed by atoms with E-state index in [2.05, 4.69) is 0 Å². The number of ether oxygens (including phenoxy) is 1. The van der Waals surface area contributed by atoms with Gasteiger partial charge < -0.3 is 16.2 Å². The van der Waals surface area contributed by atoms with Crippen molar-refractivity contribution >= 4 is 5.91 Å². The molecule has 1 unspecified atom stereocenters. The highest BCUT2D eigenvalue weighted by Gasteiger charge is 2.26. The van der Waals surface area contributed by atoms with Gasteiger partial charge in [0.15, 0.2) is 0 Å². The zero-order valence-electron chi connectivity index (χ0n) is 10.6. The Morgan fingerprint density at radius 3 is 2.41 bits per heavy atom. The molecule has 0 saturated carbocycles. The molecule has 1 rings (SSSR count). The lowest BCUT2D eigenvalue weighted by atomic mass is 9.89. The number of hydrogen-bond acceptors (Lipinski definition) is 3. The van der Waals surface area contributed by atoms with Crippen LogP contribution in [0.4, 0.5) is 0 Å². The van der Waals surface area contributed by atoms with E-state index < -0.39 is 5.91 Å². The van der Waals surface area contributed by atoms with Crippen molar-refractivity contribution in [2.24, 2.45) is 16.9 Å². The molecule has 4 N–H and O–H groups in total. The molecular weight excluding hydrogens is 216 g/mol. The van der Waals surface area contributed by atoms with Crippen LogP contribution in [0.25, 0.3) is 0 Å². The molecule has 0 aromatic heterocycles.